The van der Waals surface area contributed by atoms with Crippen LogP contribution in [0.15, 0.2) is 0 Å². The molecular formula is C13H24N2. The van der Waals surface area contributed by atoms with E-state index in [4.69, 9.17) is 6.42 Å². The fourth-order valence-electron chi connectivity index (χ4n) is 2.95. The average molecular weight is 208 g/mol. The van der Waals surface area contributed by atoms with Gasteiger partial charge in [0, 0.05) is 18.0 Å². The van der Waals surface area contributed by atoms with Gasteiger partial charge in [-0.1, -0.05) is 19.3 Å². The van der Waals surface area contributed by atoms with Crippen LogP contribution in [-0.4, -0.2) is 37.6 Å². The summed E-state index contributed by atoms with van der Waals surface area (Å²) in [7, 11) is 6.40. The molecule has 15 heavy (non-hydrogen) atoms. The SMILES string of the molecule is C#CCC(NC)C1(N(C)C)CCCCC1. The van der Waals surface area contributed by atoms with Gasteiger partial charge in [-0.05, 0) is 34.0 Å². The number of terminal acetylenes is 1. The van der Waals surface area contributed by atoms with Crippen LogP contribution in [0, 0.1) is 12.3 Å². The number of nitrogens with one attached hydrogen (secondary N) is 1. The summed E-state index contributed by atoms with van der Waals surface area (Å²) >= 11 is 0. The Balaban J connectivity index is 2.82. The Morgan fingerprint density at radius 3 is 2.33 bits per heavy atom. The summed E-state index contributed by atoms with van der Waals surface area (Å²) in [6.07, 6.45) is 12.9. The van der Waals surface area contributed by atoms with Crippen molar-refractivity contribution in [2.75, 3.05) is 21.1 Å². The third kappa shape index (κ3) is 2.53. The van der Waals surface area contributed by atoms with E-state index in [9.17, 15) is 0 Å². The van der Waals surface area contributed by atoms with Gasteiger partial charge in [0.25, 0.3) is 0 Å². The van der Waals surface area contributed by atoms with E-state index < -0.39 is 0 Å². The quantitative estimate of drug-likeness (QED) is 0.710. The maximum absolute atomic E-state index is 5.46. The molecule has 86 valence electrons. The Morgan fingerprint density at radius 1 is 1.33 bits per heavy atom. The first-order valence-corrected chi connectivity index (χ1v) is 5.95. The Kier molecular flexibility index (Phi) is 4.63. The lowest BCUT2D eigenvalue weighted by Gasteiger charge is -2.48. The maximum atomic E-state index is 5.46. The fourth-order valence-corrected chi connectivity index (χ4v) is 2.95. The molecule has 0 saturated heterocycles. The second-order valence-corrected chi connectivity index (χ2v) is 4.81. The van der Waals surface area contributed by atoms with E-state index in [1.807, 2.05) is 7.05 Å². The average Bonchev–Trinajstić information content (AvgIpc) is 2.26. The molecule has 1 aliphatic rings. The molecule has 1 saturated carbocycles. The molecule has 0 spiro atoms. The molecule has 1 unspecified atom stereocenters. The molecule has 1 atom stereocenters. The van der Waals surface area contributed by atoms with Gasteiger partial charge < -0.3 is 10.2 Å². The lowest BCUT2D eigenvalue weighted by atomic mass is 9.74. The molecule has 0 radical (unpaired) electrons. The molecule has 1 aliphatic carbocycles. The summed E-state index contributed by atoms with van der Waals surface area (Å²) in [6, 6.07) is 0.429. The Labute approximate surface area is 94.4 Å². The first kappa shape index (κ1) is 12.5. The second-order valence-electron chi connectivity index (χ2n) is 4.81. The zero-order valence-electron chi connectivity index (χ0n) is 10.3. The van der Waals surface area contributed by atoms with E-state index in [1.54, 1.807) is 0 Å². The first-order chi connectivity index (χ1) is 7.17. The molecule has 0 heterocycles. The van der Waals surface area contributed by atoms with Crippen molar-refractivity contribution in [3.05, 3.63) is 0 Å². The van der Waals surface area contributed by atoms with Gasteiger partial charge in [0.2, 0.25) is 0 Å². The fraction of sp³-hybridized carbons (Fsp3) is 0.846. The highest BCUT2D eigenvalue weighted by Crippen LogP contribution is 2.35. The van der Waals surface area contributed by atoms with Crippen LogP contribution in [0.25, 0.3) is 0 Å². The highest BCUT2D eigenvalue weighted by molar-refractivity contribution is 5.05. The lowest BCUT2D eigenvalue weighted by Crippen LogP contribution is -2.59. The van der Waals surface area contributed by atoms with Crippen LogP contribution in [0.2, 0.25) is 0 Å². The van der Waals surface area contributed by atoms with Crippen LogP contribution >= 0.6 is 0 Å². The second kappa shape index (κ2) is 5.53. The van der Waals surface area contributed by atoms with Crippen molar-refractivity contribution in [2.24, 2.45) is 0 Å². The molecule has 0 aliphatic heterocycles. The minimum atomic E-state index is 0.277. The summed E-state index contributed by atoms with van der Waals surface area (Å²) in [5.41, 5.74) is 0.277. The van der Waals surface area contributed by atoms with Gasteiger partial charge in [0.15, 0.2) is 0 Å². The van der Waals surface area contributed by atoms with E-state index in [0.717, 1.165) is 6.42 Å². The van der Waals surface area contributed by atoms with Crippen molar-refractivity contribution in [1.29, 1.82) is 0 Å². The molecule has 1 N–H and O–H groups in total. The number of nitrogens with zero attached hydrogens (tertiary/aromatic N) is 1. The van der Waals surface area contributed by atoms with Gasteiger partial charge in [-0.3, -0.25) is 0 Å². The molecule has 2 nitrogen and oxygen atoms in total. The molecule has 2 heteroatoms. The van der Waals surface area contributed by atoms with E-state index in [0.29, 0.717) is 6.04 Å². The van der Waals surface area contributed by atoms with Gasteiger partial charge in [0.05, 0.1) is 0 Å². The Hall–Kier alpha value is -0.520. The van der Waals surface area contributed by atoms with Crippen molar-refractivity contribution >= 4 is 0 Å². The summed E-state index contributed by atoms with van der Waals surface area (Å²) < 4.78 is 0. The number of rotatable bonds is 4. The van der Waals surface area contributed by atoms with Gasteiger partial charge in [-0.25, -0.2) is 0 Å². The molecule has 0 aromatic rings. The van der Waals surface area contributed by atoms with Crippen LogP contribution in [0.4, 0.5) is 0 Å². The molecule has 0 aromatic carbocycles. The van der Waals surface area contributed by atoms with Crippen molar-refractivity contribution < 1.29 is 0 Å². The standard InChI is InChI=1S/C13H24N2/c1-5-9-12(14-2)13(15(3)4)10-7-6-8-11-13/h1,12,14H,6-11H2,2-4H3. The molecule has 0 amide bonds. The molecule has 0 aromatic heterocycles. The van der Waals surface area contributed by atoms with Gasteiger partial charge >= 0.3 is 0 Å². The monoisotopic (exact) mass is 208 g/mol. The molecule has 0 bridgehead atoms. The van der Waals surface area contributed by atoms with E-state index in [1.165, 1.54) is 32.1 Å². The van der Waals surface area contributed by atoms with Gasteiger partial charge in [-0.15, -0.1) is 12.3 Å². The summed E-state index contributed by atoms with van der Waals surface area (Å²) in [4.78, 5) is 2.38. The number of hydrogen-bond acceptors (Lipinski definition) is 2. The molecule has 1 rings (SSSR count). The summed E-state index contributed by atoms with van der Waals surface area (Å²) in [5, 5.41) is 3.41. The van der Waals surface area contributed by atoms with Crippen LogP contribution < -0.4 is 5.32 Å². The third-order valence-corrected chi connectivity index (χ3v) is 3.93. The van der Waals surface area contributed by atoms with Crippen molar-refractivity contribution in [2.45, 2.75) is 50.1 Å². The van der Waals surface area contributed by atoms with Crippen molar-refractivity contribution in [3.63, 3.8) is 0 Å². The summed E-state index contributed by atoms with van der Waals surface area (Å²) in [6.45, 7) is 0. The smallest absolute Gasteiger partial charge is 0.0365 e. The van der Waals surface area contributed by atoms with Crippen LogP contribution in [0.3, 0.4) is 0 Å². The van der Waals surface area contributed by atoms with Crippen LogP contribution in [0.5, 0.6) is 0 Å². The normalized spacial score (nSPS) is 22.3. The molecular weight excluding hydrogens is 184 g/mol. The zero-order valence-corrected chi connectivity index (χ0v) is 10.3. The lowest BCUT2D eigenvalue weighted by molar-refractivity contribution is 0.0616. The number of hydrogen-bond donors (Lipinski definition) is 1. The predicted molar refractivity (Wildman–Crippen MR) is 65.8 cm³/mol. The topological polar surface area (TPSA) is 15.3 Å². The molecule has 1 fully saturated rings. The first-order valence-electron chi connectivity index (χ1n) is 5.95. The van der Waals surface area contributed by atoms with Crippen LogP contribution in [-0.2, 0) is 0 Å². The van der Waals surface area contributed by atoms with E-state index >= 15 is 0 Å². The minimum absolute atomic E-state index is 0.277. The third-order valence-electron chi connectivity index (χ3n) is 3.93. The highest BCUT2D eigenvalue weighted by Gasteiger charge is 2.40. The number of likely N-dealkylation sites (N-methyl/N-ethyl adjacent to an activating group) is 2. The van der Waals surface area contributed by atoms with Crippen LogP contribution in [0.1, 0.15) is 38.5 Å². The maximum Gasteiger partial charge on any atom is 0.0365 e. The zero-order chi connectivity index (χ0) is 11.3. The van der Waals surface area contributed by atoms with Crippen molar-refractivity contribution in [3.8, 4) is 12.3 Å². The van der Waals surface area contributed by atoms with E-state index in [-0.39, 0.29) is 5.54 Å². The predicted octanol–water partition coefficient (Wildman–Crippen LogP) is 1.86. The van der Waals surface area contributed by atoms with Crippen molar-refractivity contribution in [1.82, 2.24) is 10.2 Å². The van der Waals surface area contributed by atoms with Gasteiger partial charge in [0.1, 0.15) is 0 Å². The minimum Gasteiger partial charge on any atom is -0.314 e. The largest absolute Gasteiger partial charge is 0.314 e. The van der Waals surface area contributed by atoms with Gasteiger partial charge in [-0.2, -0.15) is 0 Å². The Bertz CT molecular complexity index is 221. The highest BCUT2D eigenvalue weighted by atomic mass is 15.2. The Morgan fingerprint density at radius 2 is 1.93 bits per heavy atom. The van der Waals surface area contributed by atoms with E-state index in [2.05, 4.69) is 30.2 Å². The summed E-state index contributed by atoms with van der Waals surface area (Å²) in [5.74, 6) is 2.81.